The zero-order valence-corrected chi connectivity index (χ0v) is 11.3. The molecule has 4 nitrogen and oxygen atoms in total. The normalized spacial score (nSPS) is 16.6. The van der Waals surface area contributed by atoms with Crippen LogP contribution in [0.25, 0.3) is 0 Å². The molecule has 0 bridgehead atoms. The molecule has 1 aromatic rings. The van der Waals surface area contributed by atoms with Crippen molar-refractivity contribution in [3.05, 3.63) is 59.0 Å². The summed E-state index contributed by atoms with van der Waals surface area (Å²) in [5, 5.41) is 0. The Kier molecular flexibility index (Phi) is 3.56. The van der Waals surface area contributed by atoms with E-state index in [1.807, 2.05) is 0 Å². The molecule has 1 aromatic carbocycles. The number of nitrogens with zero attached hydrogens (tertiary/aromatic N) is 2. The van der Waals surface area contributed by atoms with Crippen LogP contribution in [0, 0.1) is 5.82 Å². The number of ether oxygens (including phenoxy) is 1. The van der Waals surface area contributed by atoms with Gasteiger partial charge in [-0.25, -0.2) is 9.18 Å². The standard InChI is InChI=1S/C14H11FN2O2S/c15-11-3-1-2-10(6-11)8-19-14(18)17-5-4-12-13(7-17)20-9-16-12/h1-7H,8-9H2. The van der Waals surface area contributed by atoms with E-state index in [1.54, 1.807) is 42.4 Å². The van der Waals surface area contributed by atoms with Crippen LogP contribution in [0.4, 0.5) is 9.18 Å². The van der Waals surface area contributed by atoms with Crippen LogP contribution < -0.4 is 0 Å². The van der Waals surface area contributed by atoms with Gasteiger partial charge in [0, 0.05) is 12.4 Å². The van der Waals surface area contributed by atoms with Gasteiger partial charge in [0.2, 0.25) is 0 Å². The van der Waals surface area contributed by atoms with Gasteiger partial charge >= 0.3 is 6.09 Å². The topological polar surface area (TPSA) is 41.9 Å². The third-order valence-corrected chi connectivity index (χ3v) is 3.70. The summed E-state index contributed by atoms with van der Waals surface area (Å²) in [6, 6.07) is 5.98. The minimum atomic E-state index is -0.496. The van der Waals surface area contributed by atoms with Crippen LogP contribution in [0.15, 0.2) is 52.6 Å². The average Bonchev–Trinajstić information content (AvgIpc) is 2.92. The molecule has 0 radical (unpaired) electrons. The first-order chi connectivity index (χ1) is 9.72. The van der Waals surface area contributed by atoms with Crippen LogP contribution in [-0.4, -0.2) is 22.6 Å². The molecule has 2 heterocycles. The first kappa shape index (κ1) is 12.9. The van der Waals surface area contributed by atoms with E-state index in [1.165, 1.54) is 17.0 Å². The maximum absolute atomic E-state index is 13.0. The van der Waals surface area contributed by atoms with Crippen LogP contribution >= 0.6 is 11.8 Å². The second-order valence-electron chi connectivity index (χ2n) is 4.22. The molecule has 6 heteroatoms. The Morgan fingerprint density at radius 2 is 2.40 bits per heavy atom. The Hall–Kier alpha value is -2.08. The molecule has 0 aromatic heterocycles. The smallest absolute Gasteiger partial charge is 0.418 e. The number of allylic oxidation sites excluding steroid dienone is 2. The number of thioether (sulfide) groups is 1. The van der Waals surface area contributed by atoms with E-state index < -0.39 is 6.09 Å². The van der Waals surface area contributed by atoms with E-state index in [4.69, 9.17) is 4.74 Å². The maximum Gasteiger partial charge on any atom is 0.418 e. The minimum absolute atomic E-state index is 0.0399. The van der Waals surface area contributed by atoms with Gasteiger partial charge in [0.15, 0.2) is 0 Å². The number of hydrogen-bond donors (Lipinski definition) is 0. The second-order valence-corrected chi connectivity index (χ2v) is 5.20. The highest BCUT2D eigenvalue weighted by Crippen LogP contribution is 2.28. The fraction of sp³-hybridized carbons (Fsp3) is 0.143. The Morgan fingerprint density at radius 3 is 3.25 bits per heavy atom. The van der Waals surface area contributed by atoms with E-state index in [9.17, 15) is 9.18 Å². The molecule has 2 aliphatic rings. The number of amides is 1. The van der Waals surface area contributed by atoms with Crippen molar-refractivity contribution in [2.75, 3.05) is 5.88 Å². The number of hydrogen-bond acceptors (Lipinski definition) is 4. The molecule has 20 heavy (non-hydrogen) atoms. The predicted octanol–water partition coefficient (Wildman–Crippen LogP) is 3.28. The Morgan fingerprint density at radius 1 is 1.50 bits per heavy atom. The number of benzene rings is 1. The van der Waals surface area contributed by atoms with Gasteiger partial charge in [-0.15, -0.1) is 0 Å². The second kappa shape index (κ2) is 5.50. The van der Waals surface area contributed by atoms with Gasteiger partial charge in [-0.1, -0.05) is 23.9 Å². The summed E-state index contributed by atoms with van der Waals surface area (Å²) in [7, 11) is 0. The SMILES string of the molecule is O=C(OCc1cccc(F)c1)N1C=CC2=NCSC2=C1. The van der Waals surface area contributed by atoms with Gasteiger partial charge in [0.1, 0.15) is 12.4 Å². The van der Waals surface area contributed by atoms with E-state index in [2.05, 4.69) is 4.99 Å². The molecular weight excluding hydrogens is 279 g/mol. The number of aliphatic imine (C=N–C) groups is 1. The molecular formula is C14H11FN2O2S. The van der Waals surface area contributed by atoms with Crippen molar-refractivity contribution < 1.29 is 13.9 Å². The molecule has 0 aliphatic carbocycles. The van der Waals surface area contributed by atoms with Gasteiger partial charge in [-0.2, -0.15) is 0 Å². The summed E-state index contributed by atoms with van der Waals surface area (Å²) in [4.78, 5) is 18.5. The molecule has 0 N–H and O–H groups in total. The molecule has 0 saturated heterocycles. The van der Waals surface area contributed by atoms with Gasteiger partial charge in [-0.3, -0.25) is 9.89 Å². The molecule has 1 amide bonds. The molecule has 102 valence electrons. The Balaban J connectivity index is 1.62. The zero-order valence-electron chi connectivity index (χ0n) is 10.5. The number of rotatable bonds is 2. The third kappa shape index (κ3) is 2.75. The molecule has 0 saturated carbocycles. The lowest BCUT2D eigenvalue weighted by molar-refractivity contribution is 0.121. The maximum atomic E-state index is 13.0. The van der Waals surface area contributed by atoms with Gasteiger partial charge in [-0.05, 0) is 23.8 Å². The summed E-state index contributed by atoms with van der Waals surface area (Å²) in [5.74, 6) is 0.333. The largest absolute Gasteiger partial charge is 0.444 e. The van der Waals surface area contributed by atoms with Crippen LogP contribution in [-0.2, 0) is 11.3 Å². The fourth-order valence-corrected chi connectivity index (χ4v) is 2.65. The zero-order chi connectivity index (χ0) is 13.9. The predicted molar refractivity (Wildman–Crippen MR) is 75.5 cm³/mol. The van der Waals surface area contributed by atoms with E-state index in [0.29, 0.717) is 11.4 Å². The minimum Gasteiger partial charge on any atom is -0.444 e. The summed E-state index contributed by atoms with van der Waals surface area (Å²) in [6.07, 6.45) is 4.59. The van der Waals surface area contributed by atoms with Crippen molar-refractivity contribution in [2.24, 2.45) is 4.99 Å². The van der Waals surface area contributed by atoms with Crippen LogP contribution in [0.2, 0.25) is 0 Å². The lowest BCUT2D eigenvalue weighted by atomic mass is 10.2. The number of fused-ring (bicyclic) bond motifs is 1. The van der Waals surface area contributed by atoms with Crippen molar-refractivity contribution in [2.45, 2.75) is 6.61 Å². The summed E-state index contributed by atoms with van der Waals surface area (Å²) in [5.41, 5.74) is 1.51. The van der Waals surface area contributed by atoms with Crippen molar-refractivity contribution in [1.82, 2.24) is 4.90 Å². The van der Waals surface area contributed by atoms with E-state index >= 15 is 0 Å². The van der Waals surface area contributed by atoms with Gasteiger partial charge in [0.05, 0.1) is 16.5 Å². The lowest BCUT2D eigenvalue weighted by Crippen LogP contribution is -2.24. The van der Waals surface area contributed by atoms with Gasteiger partial charge in [0.25, 0.3) is 0 Å². The van der Waals surface area contributed by atoms with Crippen LogP contribution in [0.3, 0.4) is 0 Å². The third-order valence-electron chi connectivity index (χ3n) is 2.82. The highest BCUT2D eigenvalue weighted by molar-refractivity contribution is 8.04. The van der Waals surface area contributed by atoms with Crippen molar-refractivity contribution >= 4 is 23.6 Å². The van der Waals surface area contributed by atoms with Crippen molar-refractivity contribution in [3.63, 3.8) is 0 Å². The fourth-order valence-electron chi connectivity index (χ4n) is 1.84. The van der Waals surface area contributed by atoms with E-state index in [-0.39, 0.29) is 12.4 Å². The molecule has 0 unspecified atom stereocenters. The van der Waals surface area contributed by atoms with Crippen LogP contribution in [0.1, 0.15) is 5.56 Å². The number of carbonyl (C=O) groups is 1. The Bertz CT molecular complexity index is 640. The quantitative estimate of drug-likeness (QED) is 0.839. The average molecular weight is 290 g/mol. The number of halogens is 1. The molecule has 0 atom stereocenters. The Labute approximate surface area is 119 Å². The monoisotopic (exact) mass is 290 g/mol. The summed E-state index contributed by atoms with van der Waals surface area (Å²) < 4.78 is 18.2. The molecule has 2 aliphatic heterocycles. The molecule has 0 fully saturated rings. The summed E-state index contributed by atoms with van der Waals surface area (Å²) >= 11 is 1.57. The highest BCUT2D eigenvalue weighted by atomic mass is 32.2. The number of carbonyl (C=O) groups excluding carboxylic acids is 1. The first-order valence-corrected chi connectivity index (χ1v) is 6.98. The van der Waals surface area contributed by atoms with Crippen LogP contribution in [0.5, 0.6) is 0 Å². The highest BCUT2D eigenvalue weighted by Gasteiger charge is 2.20. The molecule has 0 spiro atoms. The van der Waals surface area contributed by atoms with E-state index in [0.717, 1.165) is 10.6 Å². The van der Waals surface area contributed by atoms with Crippen molar-refractivity contribution in [1.29, 1.82) is 0 Å². The molecule has 3 rings (SSSR count). The first-order valence-electron chi connectivity index (χ1n) is 5.99. The lowest BCUT2D eigenvalue weighted by Gasteiger charge is -2.17. The summed E-state index contributed by atoms with van der Waals surface area (Å²) in [6.45, 7) is 0.0399. The van der Waals surface area contributed by atoms with Crippen molar-refractivity contribution in [3.8, 4) is 0 Å². The van der Waals surface area contributed by atoms with Gasteiger partial charge < -0.3 is 4.74 Å².